The van der Waals surface area contributed by atoms with E-state index in [0.29, 0.717) is 44.9 Å². The van der Waals surface area contributed by atoms with Gasteiger partial charge in [-0.3, -0.25) is 19.2 Å². The molecule has 4 aromatic rings. The molecule has 0 saturated carbocycles. The average Bonchev–Trinajstić information content (AvgIpc) is 3.48. The van der Waals surface area contributed by atoms with Gasteiger partial charge in [-0.1, -0.05) is 64.6 Å². The molecule has 220 valence electrons. The normalized spacial score (nSPS) is 19.1. The van der Waals surface area contributed by atoms with Gasteiger partial charge in [-0.25, -0.2) is 4.90 Å². The number of anilines is 2. The van der Waals surface area contributed by atoms with Crippen molar-refractivity contribution < 1.29 is 23.9 Å². The molecule has 2 N–H and O–H groups in total. The molecule has 1 aromatic heterocycles. The lowest BCUT2D eigenvalue weighted by molar-refractivity contribution is -0.122. The highest BCUT2D eigenvalue weighted by atomic mass is 32.2. The van der Waals surface area contributed by atoms with E-state index in [4.69, 9.17) is 9.47 Å². The van der Waals surface area contributed by atoms with Gasteiger partial charge in [-0.15, -0.1) is 0 Å². The van der Waals surface area contributed by atoms with Gasteiger partial charge in [0.15, 0.2) is 18.1 Å². The molecule has 3 aromatic carbocycles. The van der Waals surface area contributed by atoms with E-state index < -0.39 is 17.1 Å². The number of ether oxygens (including phenoxy) is 2. The number of aromatic amines is 1. The number of nitrogens with one attached hydrogen (secondary N) is 2. The molecule has 3 unspecified atom stereocenters. The number of nitrogens with zero attached hydrogens (tertiary/aromatic N) is 1. The minimum absolute atomic E-state index is 0.236. The Kier molecular flexibility index (Phi) is 7.85. The lowest BCUT2D eigenvalue weighted by atomic mass is 9.83. The van der Waals surface area contributed by atoms with Crippen LogP contribution in [0, 0.1) is 19.8 Å². The van der Waals surface area contributed by atoms with Crippen LogP contribution in [0.15, 0.2) is 76.6 Å². The van der Waals surface area contributed by atoms with Crippen molar-refractivity contribution in [1.29, 1.82) is 0 Å². The fourth-order valence-electron chi connectivity index (χ4n) is 5.41. The second-order valence-corrected chi connectivity index (χ2v) is 12.6. The van der Waals surface area contributed by atoms with Gasteiger partial charge >= 0.3 is 4.87 Å². The number of thioether (sulfide) groups is 1. The number of amides is 3. The van der Waals surface area contributed by atoms with Crippen LogP contribution in [0.25, 0.3) is 0 Å². The fourth-order valence-corrected chi connectivity index (χ4v) is 7.92. The number of carbonyl (C=O) groups is 3. The average molecular weight is 616 g/mol. The van der Waals surface area contributed by atoms with Crippen LogP contribution >= 0.6 is 23.1 Å². The molecule has 0 bridgehead atoms. The highest BCUT2D eigenvalue weighted by Gasteiger charge is 2.56. The van der Waals surface area contributed by atoms with Crippen molar-refractivity contribution in [2.24, 2.45) is 5.92 Å². The van der Waals surface area contributed by atoms with Crippen LogP contribution in [0.5, 0.6) is 11.5 Å². The summed E-state index contributed by atoms with van der Waals surface area (Å²) in [6.07, 6.45) is 0. The van der Waals surface area contributed by atoms with Crippen LogP contribution in [0.2, 0.25) is 0 Å². The zero-order valence-corrected chi connectivity index (χ0v) is 25.3. The van der Waals surface area contributed by atoms with E-state index in [0.717, 1.165) is 22.5 Å². The maximum atomic E-state index is 14.0. The molecular weight excluding hydrogens is 587 g/mol. The molecule has 3 atom stereocenters. The van der Waals surface area contributed by atoms with Gasteiger partial charge in [-0.2, -0.15) is 0 Å². The zero-order valence-electron chi connectivity index (χ0n) is 23.7. The molecule has 1 saturated heterocycles. The standard InChI is InChI=1S/C32H29N3O6S2/c1-4-40-23-15-19(9-14-22(23)41-16-24(36)33-20-10-5-17(2)6-11-20)25-26-28(42-29-27(25)43-32(39)34-29)31(38)35(30(26)37)21-12-7-18(3)8-13-21/h5-15,25-26,28H,4,16H2,1-3H3,(H,33,36)(H,34,39). The Morgan fingerprint density at radius 2 is 1.60 bits per heavy atom. The zero-order chi connectivity index (χ0) is 30.2. The van der Waals surface area contributed by atoms with Gasteiger partial charge in [0.1, 0.15) is 5.25 Å². The number of H-pyrrole nitrogens is 1. The lowest BCUT2D eigenvalue weighted by Gasteiger charge is -2.30. The van der Waals surface area contributed by atoms with Gasteiger partial charge in [0.05, 0.1) is 23.2 Å². The van der Waals surface area contributed by atoms with Crippen molar-refractivity contribution >= 4 is 52.2 Å². The van der Waals surface area contributed by atoms with Crippen LogP contribution in [-0.2, 0) is 14.4 Å². The van der Waals surface area contributed by atoms with E-state index >= 15 is 0 Å². The molecule has 6 rings (SSSR count). The first-order valence-corrected chi connectivity index (χ1v) is 15.5. The van der Waals surface area contributed by atoms with Gasteiger partial charge in [0.2, 0.25) is 11.8 Å². The quantitative estimate of drug-likeness (QED) is 0.260. The van der Waals surface area contributed by atoms with Crippen molar-refractivity contribution in [2.45, 2.75) is 37.0 Å². The Labute approximate surface area is 256 Å². The number of aryl methyl sites for hydroxylation is 2. The van der Waals surface area contributed by atoms with E-state index in [-0.39, 0.29) is 29.2 Å². The molecule has 0 spiro atoms. The van der Waals surface area contributed by atoms with Gasteiger partial charge < -0.3 is 19.8 Å². The Hall–Kier alpha value is -4.35. The summed E-state index contributed by atoms with van der Waals surface area (Å²) >= 11 is 2.28. The number of aromatic nitrogens is 1. The number of thiazole rings is 1. The largest absolute Gasteiger partial charge is 0.490 e. The topological polar surface area (TPSA) is 118 Å². The van der Waals surface area contributed by atoms with Gasteiger partial charge in [0, 0.05) is 16.5 Å². The molecule has 2 aliphatic heterocycles. The number of imide groups is 1. The number of hydrogen-bond acceptors (Lipinski definition) is 8. The van der Waals surface area contributed by atoms with Crippen molar-refractivity contribution in [3.8, 4) is 11.5 Å². The lowest BCUT2D eigenvalue weighted by Crippen LogP contribution is -2.32. The minimum Gasteiger partial charge on any atom is -0.490 e. The van der Waals surface area contributed by atoms with Crippen molar-refractivity contribution in [3.63, 3.8) is 0 Å². The summed E-state index contributed by atoms with van der Waals surface area (Å²) in [5.41, 5.74) is 4.00. The Balaban J connectivity index is 1.31. The van der Waals surface area contributed by atoms with Crippen LogP contribution in [0.3, 0.4) is 0 Å². The smallest absolute Gasteiger partial charge is 0.305 e. The monoisotopic (exact) mass is 615 g/mol. The molecule has 3 amide bonds. The number of carbonyl (C=O) groups excluding carboxylic acids is 3. The number of rotatable bonds is 8. The van der Waals surface area contributed by atoms with Crippen LogP contribution in [0.1, 0.15) is 34.4 Å². The molecule has 2 aliphatic rings. The predicted molar refractivity (Wildman–Crippen MR) is 167 cm³/mol. The molecule has 11 heteroatoms. The van der Waals surface area contributed by atoms with E-state index in [1.165, 1.54) is 16.7 Å². The van der Waals surface area contributed by atoms with Gasteiger partial charge in [-0.05, 0) is 62.7 Å². The predicted octanol–water partition coefficient (Wildman–Crippen LogP) is 5.27. The van der Waals surface area contributed by atoms with Crippen LogP contribution < -0.4 is 24.6 Å². The second kappa shape index (κ2) is 11.7. The third-order valence-electron chi connectivity index (χ3n) is 7.44. The molecule has 3 heterocycles. The first-order chi connectivity index (χ1) is 20.7. The number of benzene rings is 3. The third-order valence-corrected chi connectivity index (χ3v) is 9.84. The first-order valence-electron chi connectivity index (χ1n) is 13.8. The third kappa shape index (κ3) is 5.57. The summed E-state index contributed by atoms with van der Waals surface area (Å²) in [6, 6.07) is 20.0. The maximum Gasteiger partial charge on any atom is 0.305 e. The van der Waals surface area contributed by atoms with Gasteiger partial charge in [0.25, 0.3) is 5.91 Å². The Morgan fingerprint density at radius 3 is 2.30 bits per heavy atom. The van der Waals surface area contributed by atoms with E-state index in [1.807, 2.05) is 57.2 Å². The SMILES string of the molecule is CCOc1cc(C2c3sc(=O)[nH]c3SC3C(=O)N(c4ccc(C)cc4)C(=O)C32)ccc1OCC(=O)Nc1ccc(C)cc1. The Morgan fingerprint density at radius 1 is 0.907 bits per heavy atom. The summed E-state index contributed by atoms with van der Waals surface area (Å²) < 4.78 is 11.7. The minimum atomic E-state index is -0.723. The van der Waals surface area contributed by atoms with E-state index in [2.05, 4.69) is 10.3 Å². The number of hydrogen-bond donors (Lipinski definition) is 2. The fraction of sp³-hybridized carbons (Fsp3) is 0.250. The summed E-state index contributed by atoms with van der Waals surface area (Å²) in [6.45, 7) is 5.85. The maximum absolute atomic E-state index is 14.0. The summed E-state index contributed by atoms with van der Waals surface area (Å²) in [7, 11) is 0. The molecule has 9 nitrogen and oxygen atoms in total. The molecule has 0 radical (unpaired) electrons. The molecule has 0 aliphatic carbocycles. The van der Waals surface area contributed by atoms with Crippen molar-refractivity contribution in [3.05, 3.63) is 98.0 Å². The van der Waals surface area contributed by atoms with E-state index in [1.54, 1.807) is 30.3 Å². The number of fused-ring (bicyclic) bond motifs is 2. The van der Waals surface area contributed by atoms with E-state index in [9.17, 15) is 19.2 Å². The molecule has 1 fully saturated rings. The van der Waals surface area contributed by atoms with Crippen LogP contribution in [0.4, 0.5) is 11.4 Å². The highest BCUT2D eigenvalue weighted by molar-refractivity contribution is 8.00. The first kappa shape index (κ1) is 28.8. The summed E-state index contributed by atoms with van der Waals surface area (Å²) in [5.74, 6) is -1.46. The molecule has 43 heavy (non-hydrogen) atoms. The highest BCUT2D eigenvalue weighted by Crippen LogP contribution is 2.53. The Bertz CT molecular complexity index is 1760. The van der Waals surface area contributed by atoms with Crippen molar-refractivity contribution in [1.82, 2.24) is 4.98 Å². The van der Waals surface area contributed by atoms with Crippen LogP contribution in [-0.4, -0.2) is 41.2 Å². The second-order valence-electron chi connectivity index (χ2n) is 10.4. The summed E-state index contributed by atoms with van der Waals surface area (Å²) in [5, 5.41) is 2.71. The van der Waals surface area contributed by atoms with Crippen molar-refractivity contribution in [2.75, 3.05) is 23.4 Å². The summed E-state index contributed by atoms with van der Waals surface area (Å²) in [4.78, 5) is 57.2. The molecular formula is C32H29N3O6S2.